The van der Waals surface area contributed by atoms with E-state index >= 15 is 0 Å². The quantitative estimate of drug-likeness (QED) is 0.569. The number of hydrogen-bond donors (Lipinski definition) is 1. The second kappa shape index (κ2) is 7.45. The first-order valence-electron chi connectivity index (χ1n) is 8.84. The summed E-state index contributed by atoms with van der Waals surface area (Å²) in [4.78, 5) is 8.85. The van der Waals surface area contributed by atoms with Crippen LogP contribution in [0.3, 0.4) is 0 Å². The third-order valence-electron chi connectivity index (χ3n) is 4.57. The monoisotopic (exact) mass is 359 g/mol. The summed E-state index contributed by atoms with van der Waals surface area (Å²) < 4.78 is 7.00. The van der Waals surface area contributed by atoms with Crippen molar-refractivity contribution in [3.63, 3.8) is 0 Å². The minimum absolute atomic E-state index is 0.599. The summed E-state index contributed by atoms with van der Waals surface area (Å²) in [6, 6.07) is 18.4. The van der Waals surface area contributed by atoms with Gasteiger partial charge in [0.1, 0.15) is 17.9 Å². The number of ether oxygens (including phenoxy) is 1. The van der Waals surface area contributed by atoms with Gasteiger partial charge in [0.15, 0.2) is 0 Å². The fourth-order valence-corrected chi connectivity index (χ4v) is 3.11. The highest BCUT2D eigenvalue weighted by molar-refractivity contribution is 5.54. The summed E-state index contributed by atoms with van der Waals surface area (Å²) in [5, 5.41) is 7.90. The van der Waals surface area contributed by atoms with Crippen molar-refractivity contribution in [2.24, 2.45) is 0 Å². The molecular weight excluding hydrogens is 338 g/mol. The number of methoxy groups -OCH3 is 1. The van der Waals surface area contributed by atoms with Gasteiger partial charge < -0.3 is 10.1 Å². The highest BCUT2D eigenvalue weighted by Crippen LogP contribution is 2.23. The molecule has 0 fully saturated rings. The number of nitrogens with one attached hydrogen (secondary N) is 1. The molecule has 27 heavy (non-hydrogen) atoms. The first kappa shape index (κ1) is 17.0. The number of nitrogens with zero attached hydrogens (tertiary/aromatic N) is 4. The number of aryl methyl sites for hydroxylation is 1. The molecule has 0 saturated carbocycles. The molecule has 0 aliphatic rings. The van der Waals surface area contributed by atoms with Crippen LogP contribution in [0.15, 0.2) is 60.9 Å². The van der Waals surface area contributed by atoms with Crippen molar-refractivity contribution in [3.05, 3.63) is 83.3 Å². The number of rotatable bonds is 6. The van der Waals surface area contributed by atoms with Crippen molar-refractivity contribution in [3.8, 4) is 5.75 Å². The van der Waals surface area contributed by atoms with Crippen LogP contribution in [0.4, 0.5) is 5.82 Å². The lowest BCUT2D eigenvalue weighted by molar-refractivity contribution is 0.414. The fourth-order valence-electron chi connectivity index (χ4n) is 3.11. The number of anilines is 1. The smallest absolute Gasteiger partial charge is 0.254 e. The molecule has 6 heteroatoms. The Kier molecular flexibility index (Phi) is 4.70. The zero-order valence-corrected chi connectivity index (χ0v) is 15.4. The molecule has 0 aliphatic heterocycles. The molecule has 0 spiro atoms. The van der Waals surface area contributed by atoms with Crippen LogP contribution in [0.5, 0.6) is 5.75 Å². The predicted octanol–water partition coefficient (Wildman–Crippen LogP) is 3.64. The van der Waals surface area contributed by atoms with Gasteiger partial charge in [-0.25, -0.2) is 4.98 Å². The van der Waals surface area contributed by atoms with Gasteiger partial charge in [-0.1, -0.05) is 42.5 Å². The molecule has 0 atom stereocenters. The number of benzene rings is 2. The van der Waals surface area contributed by atoms with Gasteiger partial charge >= 0.3 is 0 Å². The van der Waals surface area contributed by atoms with E-state index in [1.807, 2.05) is 25.1 Å². The van der Waals surface area contributed by atoms with Crippen molar-refractivity contribution < 1.29 is 4.74 Å². The van der Waals surface area contributed by atoms with Gasteiger partial charge in [-0.3, -0.25) is 0 Å². The highest BCUT2D eigenvalue weighted by Gasteiger charge is 2.15. The van der Waals surface area contributed by atoms with Gasteiger partial charge in [-0.2, -0.15) is 14.6 Å². The Bertz CT molecular complexity index is 1040. The molecular formula is C21H21N5O. The lowest BCUT2D eigenvalue weighted by atomic mass is 10.0. The van der Waals surface area contributed by atoms with Gasteiger partial charge in [0, 0.05) is 24.2 Å². The maximum absolute atomic E-state index is 5.23. The van der Waals surface area contributed by atoms with Gasteiger partial charge in [-0.05, 0) is 30.2 Å². The van der Waals surface area contributed by atoms with Crippen LogP contribution in [0.25, 0.3) is 5.78 Å². The van der Waals surface area contributed by atoms with E-state index in [0.29, 0.717) is 12.3 Å². The van der Waals surface area contributed by atoms with Crippen LogP contribution >= 0.6 is 0 Å². The van der Waals surface area contributed by atoms with Gasteiger partial charge in [0.05, 0.1) is 7.11 Å². The summed E-state index contributed by atoms with van der Waals surface area (Å²) >= 11 is 0. The van der Waals surface area contributed by atoms with E-state index in [1.54, 1.807) is 11.6 Å². The van der Waals surface area contributed by atoms with Crippen LogP contribution in [0.1, 0.15) is 22.4 Å². The Morgan fingerprint density at radius 3 is 2.52 bits per heavy atom. The molecule has 4 aromatic rings. The number of aromatic nitrogens is 4. The Balaban J connectivity index is 1.68. The molecule has 0 saturated heterocycles. The SMILES string of the molecule is COc1ccc(CNc2c(Cc3ccccc3)c(C)nc3ncnn23)cc1. The molecule has 0 amide bonds. The van der Waals surface area contributed by atoms with Gasteiger partial charge in [0.2, 0.25) is 0 Å². The van der Waals surface area contributed by atoms with Crippen molar-refractivity contribution in [2.45, 2.75) is 19.9 Å². The highest BCUT2D eigenvalue weighted by atomic mass is 16.5. The van der Waals surface area contributed by atoms with Crippen molar-refractivity contribution in [1.82, 2.24) is 19.6 Å². The molecule has 0 aliphatic carbocycles. The molecule has 1 N–H and O–H groups in total. The first-order chi connectivity index (χ1) is 13.2. The molecule has 0 radical (unpaired) electrons. The summed E-state index contributed by atoms with van der Waals surface area (Å²) in [6.45, 7) is 2.69. The van der Waals surface area contributed by atoms with E-state index < -0.39 is 0 Å². The number of fused-ring (bicyclic) bond motifs is 1. The largest absolute Gasteiger partial charge is 0.497 e. The molecule has 4 rings (SSSR count). The van der Waals surface area contributed by atoms with E-state index in [-0.39, 0.29) is 0 Å². The molecule has 0 unspecified atom stereocenters. The molecule has 2 aromatic carbocycles. The normalized spacial score (nSPS) is 10.9. The second-order valence-electron chi connectivity index (χ2n) is 6.36. The molecule has 0 bridgehead atoms. The van der Waals surface area contributed by atoms with Crippen LogP contribution in [0, 0.1) is 6.92 Å². The molecule has 136 valence electrons. The van der Waals surface area contributed by atoms with Gasteiger partial charge in [0.25, 0.3) is 5.78 Å². The lowest BCUT2D eigenvalue weighted by Crippen LogP contribution is -2.12. The Labute approximate surface area is 157 Å². The average molecular weight is 359 g/mol. The van der Waals surface area contributed by atoms with Crippen LogP contribution in [0.2, 0.25) is 0 Å². The van der Waals surface area contributed by atoms with E-state index in [2.05, 4.69) is 56.8 Å². The van der Waals surface area contributed by atoms with Crippen molar-refractivity contribution >= 4 is 11.6 Å². The summed E-state index contributed by atoms with van der Waals surface area (Å²) in [5.41, 5.74) is 4.46. The summed E-state index contributed by atoms with van der Waals surface area (Å²) in [7, 11) is 1.67. The Morgan fingerprint density at radius 2 is 1.78 bits per heavy atom. The van der Waals surface area contributed by atoms with E-state index in [0.717, 1.165) is 34.8 Å². The maximum Gasteiger partial charge on any atom is 0.254 e. The second-order valence-corrected chi connectivity index (χ2v) is 6.36. The lowest BCUT2D eigenvalue weighted by Gasteiger charge is -2.15. The topological polar surface area (TPSA) is 64.3 Å². The summed E-state index contributed by atoms with van der Waals surface area (Å²) in [6.07, 6.45) is 2.31. The fraction of sp³-hybridized carbons (Fsp3) is 0.190. The van der Waals surface area contributed by atoms with Crippen molar-refractivity contribution in [2.75, 3.05) is 12.4 Å². The van der Waals surface area contributed by atoms with Crippen molar-refractivity contribution in [1.29, 1.82) is 0 Å². The predicted molar refractivity (Wildman–Crippen MR) is 105 cm³/mol. The van der Waals surface area contributed by atoms with Crippen LogP contribution in [-0.4, -0.2) is 26.7 Å². The van der Waals surface area contributed by atoms with Crippen LogP contribution < -0.4 is 10.1 Å². The van der Waals surface area contributed by atoms with E-state index in [1.165, 1.54) is 11.9 Å². The van der Waals surface area contributed by atoms with Gasteiger partial charge in [-0.15, -0.1) is 0 Å². The minimum atomic E-state index is 0.599. The molecule has 6 nitrogen and oxygen atoms in total. The Hall–Kier alpha value is -3.41. The Morgan fingerprint density at radius 1 is 1.00 bits per heavy atom. The minimum Gasteiger partial charge on any atom is -0.497 e. The molecule has 2 heterocycles. The number of hydrogen-bond acceptors (Lipinski definition) is 5. The standard InChI is InChI=1S/C21H21N5O/c1-15-19(12-16-6-4-3-5-7-16)20(26-21(25-15)23-14-24-26)22-13-17-8-10-18(27-2)11-9-17/h3-11,14,22H,12-13H2,1-2H3. The van der Waals surface area contributed by atoms with Crippen LogP contribution in [-0.2, 0) is 13.0 Å². The average Bonchev–Trinajstić information content (AvgIpc) is 3.17. The first-order valence-corrected chi connectivity index (χ1v) is 8.84. The third kappa shape index (κ3) is 3.60. The summed E-state index contributed by atoms with van der Waals surface area (Å²) in [5.74, 6) is 2.37. The maximum atomic E-state index is 5.23. The third-order valence-corrected chi connectivity index (χ3v) is 4.57. The zero-order valence-electron chi connectivity index (χ0n) is 15.4. The molecule has 2 aromatic heterocycles. The zero-order chi connectivity index (χ0) is 18.6. The van der Waals surface area contributed by atoms with E-state index in [4.69, 9.17) is 4.74 Å². The van der Waals surface area contributed by atoms with E-state index in [9.17, 15) is 0 Å².